The molecule has 3 amide bonds. The Kier molecular flexibility index (Phi) is 7.97. The molecule has 3 N–H and O–H groups in total. The van der Waals surface area contributed by atoms with Gasteiger partial charge in [0, 0.05) is 25.7 Å². The zero-order valence-corrected chi connectivity index (χ0v) is 18.2. The van der Waals surface area contributed by atoms with Crippen LogP contribution in [-0.2, 0) is 14.3 Å². The highest BCUT2D eigenvalue weighted by Crippen LogP contribution is 2.13. The van der Waals surface area contributed by atoms with E-state index >= 15 is 0 Å². The monoisotopic (exact) mass is 443 g/mol. The molecule has 0 aromatic carbocycles. The van der Waals surface area contributed by atoms with Crippen molar-refractivity contribution in [1.82, 2.24) is 20.9 Å². The van der Waals surface area contributed by atoms with E-state index in [2.05, 4.69) is 20.9 Å². The number of piperidine rings is 1. The van der Waals surface area contributed by atoms with Gasteiger partial charge in [0.1, 0.15) is 11.8 Å². The molecule has 160 valence electrons. The van der Waals surface area contributed by atoms with Crippen molar-refractivity contribution in [3.8, 4) is 0 Å². The number of allylic oxidation sites excluding steroid dienone is 1. The van der Waals surface area contributed by atoms with Crippen LogP contribution in [0, 0.1) is 0 Å². The average Bonchev–Trinajstić information content (AvgIpc) is 2.63. The largest absolute Gasteiger partial charge is 0.444 e. The van der Waals surface area contributed by atoms with E-state index in [1.807, 2.05) is 0 Å². The van der Waals surface area contributed by atoms with Crippen LogP contribution in [-0.4, -0.2) is 71.5 Å². The Labute approximate surface area is 180 Å². The molecule has 0 bridgehead atoms. The fraction of sp³-hybridized carbons (Fsp3) is 0.611. The van der Waals surface area contributed by atoms with Gasteiger partial charge in [-0.3, -0.25) is 14.6 Å². The molecule has 0 aromatic heterocycles. The predicted molar refractivity (Wildman–Crippen MR) is 114 cm³/mol. The molecular formula is C18H26ClN5O4S. The van der Waals surface area contributed by atoms with E-state index in [4.69, 9.17) is 28.6 Å². The molecule has 0 saturated carbocycles. The normalized spacial score (nSPS) is 24.2. The number of aliphatic imine (C=N–C) groups is 1. The lowest BCUT2D eigenvalue weighted by Gasteiger charge is -2.38. The van der Waals surface area contributed by atoms with Crippen LogP contribution in [0.5, 0.6) is 0 Å². The first-order valence-corrected chi connectivity index (χ1v) is 10.0. The van der Waals surface area contributed by atoms with Crippen LogP contribution in [0.4, 0.5) is 4.79 Å². The summed E-state index contributed by atoms with van der Waals surface area (Å²) in [6.07, 6.45) is 3.91. The second-order valence-electron chi connectivity index (χ2n) is 7.81. The maximum Gasteiger partial charge on any atom is 0.408 e. The van der Waals surface area contributed by atoms with Crippen molar-refractivity contribution in [3.05, 3.63) is 11.1 Å². The number of amides is 3. The second-order valence-corrected chi connectivity index (χ2v) is 8.66. The van der Waals surface area contributed by atoms with Crippen LogP contribution in [0.25, 0.3) is 0 Å². The molecule has 2 aliphatic heterocycles. The van der Waals surface area contributed by atoms with Gasteiger partial charge in [0.05, 0.1) is 17.1 Å². The van der Waals surface area contributed by atoms with E-state index < -0.39 is 29.8 Å². The summed E-state index contributed by atoms with van der Waals surface area (Å²) in [6.45, 7) is 6.04. The van der Waals surface area contributed by atoms with Gasteiger partial charge in [-0.1, -0.05) is 29.9 Å². The van der Waals surface area contributed by atoms with Crippen molar-refractivity contribution >= 4 is 53.4 Å². The van der Waals surface area contributed by atoms with Gasteiger partial charge in [0.2, 0.25) is 6.41 Å². The van der Waals surface area contributed by atoms with E-state index in [9.17, 15) is 14.4 Å². The number of alkyl carbamates (subject to hydrolysis) is 1. The SMILES string of the molecule is CC(C)(C)OC(=O)N[C@@H]1CN(C=O)CC[C@@H]1NC(=S)C(=O)NC1CC=C(Cl)C=N1. The first kappa shape index (κ1) is 23.1. The maximum absolute atomic E-state index is 12.4. The highest BCUT2D eigenvalue weighted by Gasteiger charge is 2.32. The standard InChI is InChI=1S/C18H26ClN5O4S/c1-18(2,3)28-17(27)22-13-9-24(10-25)7-6-12(13)21-16(29)15(26)23-14-5-4-11(19)8-20-14/h4,8,10,12-14H,5-7,9H2,1-3H3,(H,21,29)(H,22,27)(H,23,26)/t12-,13+,14?/m0/s1. The van der Waals surface area contributed by atoms with Crippen molar-refractivity contribution in [2.45, 2.75) is 57.5 Å². The van der Waals surface area contributed by atoms with Gasteiger partial charge >= 0.3 is 6.09 Å². The predicted octanol–water partition coefficient (Wildman–Crippen LogP) is 1.07. The van der Waals surface area contributed by atoms with Crippen LogP contribution in [0.1, 0.15) is 33.6 Å². The van der Waals surface area contributed by atoms with Crippen molar-refractivity contribution in [2.75, 3.05) is 13.1 Å². The minimum atomic E-state index is -0.654. The van der Waals surface area contributed by atoms with E-state index in [0.717, 1.165) is 6.41 Å². The minimum absolute atomic E-state index is 0.0126. The van der Waals surface area contributed by atoms with Gasteiger partial charge in [-0.05, 0) is 27.2 Å². The molecule has 3 atom stereocenters. The Bertz CT molecular complexity index is 722. The Morgan fingerprint density at radius 2 is 2.03 bits per heavy atom. The van der Waals surface area contributed by atoms with Crippen molar-refractivity contribution in [1.29, 1.82) is 0 Å². The molecule has 2 heterocycles. The zero-order valence-electron chi connectivity index (χ0n) is 16.6. The third-order valence-corrected chi connectivity index (χ3v) is 4.78. The topological polar surface area (TPSA) is 112 Å². The molecule has 0 spiro atoms. The quantitative estimate of drug-likeness (QED) is 0.442. The Morgan fingerprint density at radius 1 is 1.31 bits per heavy atom. The highest BCUT2D eigenvalue weighted by atomic mass is 35.5. The van der Waals surface area contributed by atoms with Crippen molar-refractivity contribution < 1.29 is 19.1 Å². The molecule has 2 rings (SSSR count). The number of carbonyl (C=O) groups excluding carboxylic acids is 3. The minimum Gasteiger partial charge on any atom is -0.444 e. The van der Waals surface area contributed by atoms with Crippen LogP contribution in [0.3, 0.4) is 0 Å². The van der Waals surface area contributed by atoms with E-state index in [0.29, 0.717) is 24.4 Å². The Morgan fingerprint density at radius 3 is 2.62 bits per heavy atom. The van der Waals surface area contributed by atoms with Gasteiger partial charge in [-0.25, -0.2) is 4.79 Å². The highest BCUT2D eigenvalue weighted by molar-refractivity contribution is 7.82. The van der Waals surface area contributed by atoms with E-state index in [1.54, 1.807) is 31.7 Å². The fourth-order valence-corrected chi connectivity index (χ4v) is 3.25. The molecule has 1 saturated heterocycles. The third-order valence-electron chi connectivity index (χ3n) is 4.23. The van der Waals surface area contributed by atoms with Gasteiger partial charge < -0.3 is 25.6 Å². The zero-order chi connectivity index (χ0) is 21.6. The first-order chi connectivity index (χ1) is 13.6. The third kappa shape index (κ3) is 7.62. The van der Waals surface area contributed by atoms with Gasteiger partial charge in [-0.2, -0.15) is 0 Å². The number of halogens is 1. The molecule has 0 aliphatic carbocycles. The van der Waals surface area contributed by atoms with Crippen LogP contribution in [0.2, 0.25) is 0 Å². The number of thiocarbonyl (C=S) groups is 1. The fourth-order valence-electron chi connectivity index (χ4n) is 2.90. The summed E-state index contributed by atoms with van der Waals surface area (Å²) in [6, 6.07) is -0.801. The molecule has 9 nitrogen and oxygen atoms in total. The lowest BCUT2D eigenvalue weighted by atomic mass is 9.99. The van der Waals surface area contributed by atoms with Crippen LogP contribution >= 0.6 is 23.8 Å². The molecule has 11 heteroatoms. The number of dihydropyridines is 1. The van der Waals surface area contributed by atoms with Gasteiger partial charge in [-0.15, -0.1) is 0 Å². The van der Waals surface area contributed by atoms with E-state index in [-0.39, 0.29) is 17.6 Å². The molecule has 0 radical (unpaired) electrons. The number of hydrogen-bond acceptors (Lipinski definition) is 6. The maximum atomic E-state index is 12.4. The summed E-state index contributed by atoms with van der Waals surface area (Å²) in [5.41, 5.74) is -0.654. The number of rotatable bonds is 4. The summed E-state index contributed by atoms with van der Waals surface area (Å²) in [7, 11) is 0. The number of ether oxygens (including phenoxy) is 1. The summed E-state index contributed by atoms with van der Waals surface area (Å²) >= 11 is 11.0. The lowest BCUT2D eigenvalue weighted by Crippen LogP contribution is -2.61. The van der Waals surface area contributed by atoms with Crippen LogP contribution < -0.4 is 16.0 Å². The number of likely N-dealkylation sites (tertiary alicyclic amines) is 1. The van der Waals surface area contributed by atoms with Crippen molar-refractivity contribution in [3.63, 3.8) is 0 Å². The number of nitrogens with one attached hydrogen (secondary N) is 3. The number of carbonyl (C=O) groups is 3. The molecule has 1 unspecified atom stereocenters. The molecule has 2 aliphatic rings. The summed E-state index contributed by atoms with van der Waals surface area (Å²) in [5.74, 6) is -0.470. The summed E-state index contributed by atoms with van der Waals surface area (Å²) in [5, 5.41) is 8.99. The molecule has 0 aromatic rings. The first-order valence-electron chi connectivity index (χ1n) is 9.26. The van der Waals surface area contributed by atoms with Gasteiger partial charge in [0.15, 0.2) is 4.99 Å². The molecule has 1 fully saturated rings. The van der Waals surface area contributed by atoms with E-state index in [1.165, 1.54) is 6.21 Å². The Hall–Kier alpha value is -2.20. The summed E-state index contributed by atoms with van der Waals surface area (Å²) in [4.78, 5) is 41.4. The summed E-state index contributed by atoms with van der Waals surface area (Å²) < 4.78 is 5.29. The number of nitrogens with zero attached hydrogens (tertiary/aromatic N) is 2. The average molecular weight is 444 g/mol. The van der Waals surface area contributed by atoms with Crippen molar-refractivity contribution in [2.24, 2.45) is 4.99 Å². The molecular weight excluding hydrogens is 418 g/mol. The smallest absolute Gasteiger partial charge is 0.408 e. The number of hydrogen-bond donors (Lipinski definition) is 3. The van der Waals surface area contributed by atoms with Crippen LogP contribution in [0.15, 0.2) is 16.1 Å². The molecule has 29 heavy (non-hydrogen) atoms. The lowest BCUT2D eigenvalue weighted by molar-refractivity contribution is -0.119. The second kappa shape index (κ2) is 10.0. The van der Waals surface area contributed by atoms with Gasteiger partial charge in [0.25, 0.3) is 5.91 Å². The Balaban J connectivity index is 1.95.